The third kappa shape index (κ3) is 5.44. The molecule has 1 heterocycles. The Balaban J connectivity index is 2.90. The molecule has 0 amide bonds. The van der Waals surface area contributed by atoms with Crippen molar-refractivity contribution in [3.63, 3.8) is 0 Å². The zero-order valence-corrected chi connectivity index (χ0v) is 13.7. The SMILES string of the molecule is Cc1c(NN)nc(C(C)(C)C)nc1NCCCS(N)(=O)=O. The fourth-order valence-electron chi connectivity index (χ4n) is 1.64. The lowest BCUT2D eigenvalue weighted by atomic mass is 9.95. The Morgan fingerprint density at radius 2 is 1.76 bits per heavy atom. The van der Waals surface area contributed by atoms with Crippen LogP contribution in [0.2, 0.25) is 0 Å². The van der Waals surface area contributed by atoms with Crippen LogP contribution in [0.25, 0.3) is 0 Å². The van der Waals surface area contributed by atoms with Crippen LogP contribution in [0.5, 0.6) is 0 Å². The molecule has 0 unspecified atom stereocenters. The molecule has 120 valence electrons. The van der Waals surface area contributed by atoms with E-state index in [0.29, 0.717) is 30.4 Å². The molecule has 0 bridgehead atoms. The monoisotopic (exact) mass is 316 g/mol. The number of nitrogen functional groups attached to an aromatic ring is 1. The molecule has 0 aliphatic rings. The molecule has 1 rings (SSSR count). The maximum Gasteiger partial charge on any atom is 0.209 e. The highest BCUT2D eigenvalue weighted by molar-refractivity contribution is 7.89. The van der Waals surface area contributed by atoms with Gasteiger partial charge in [0.1, 0.15) is 17.5 Å². The summed E-state index contributed by atoms with van der Waals surface area (Å²) in [5.74, 6) is 7.24. The fraction of sp³-hybridized carbons (Fsp3) is 0.667. The average Bonchev–Trinajstić information content (AvgIpc) is 2.33. The maximum absolute atomic E-state index is 10.9. The predicted octanol–water partition coefficient (Wildman–Crippen LogP) is 0.459. The smallest absolute Gasteiger partial charge is 0.209 e. The number of hydrazine groups is 1. The molecule has 9 heteroatoms. The van der Waals surface area contributed by atoms with Crippen LogP contribution in [0, 0.1) is 6.92 Å². The number of nitrogens with one attached hydrogen (secondary N) is 2. The standard InChI is InChI=1S/C12H24N6O2S/c1-8-9(15-6-5-7-21(14,19)20)16-11(12(2,3)4)17-10(8)18-13/h5-7,13H2,1-4H3,(H2,14,19,20)(H2,15,16,17,18). The molecule has 0 radical (unpaired) electrons. The third-order valence-corrected chi connectivity index (χ3v) is 3.71. The molecule has 6 N–H and O–H groups in total. The Labute approximate surface area is 125 Å². The number of nitrogens with two attached hydrogens (primary N) is 2. The first-order chi connectivity index (χ1) is 9.54. The minimum Gasteiger partial charge on any atom is -0.370 e. The van der Waals surface area contributed by atoms with Gasteiger partial charge in [-0.25, -0.2) is 29.4 Å². The van der Waals surface area contributed by atoms with E-state index in [4.69, 9.17) is 11.0 Å². The highest BCUT2D eigenvalue weighted by atomic mass is 32.2. The van der Waals surface area contributed by atoms with E-state index >= 15 is 0 Å². The lowest BCUT2D eigenvalue weighted by Crippen LogP contribution is -2.22. The highest BCUT2D eigenvalue weighted by Gasteiger charge is 2.20. The van der Waals surface area contributed by atoms with E-state index in [2.05, 4.69) is 20.7 Å². The van der Waals surface area contributed by atoms with E-state index in [1.165, 1.54) is 0 Å². The molecule has 0 fully saturated rings. The molecule has 0 spiro atoms. The molecule has 0 atom stereocenters. The number of hydrogen-bond acceptors (Lipinski definition) is 7. The summed E-state index contributed by atoms with van der Waals surface area (Å²) in [6.07, 6.45) is 0.401. The minimum atomic E-state index is -3.44. The van der Waals surface area contributed by atoms with Gasteiger partial charge in [-0.15, -0.1) is 0 Å². The summed E-state index contributed by atoms with van der Waals surface area (Å²) in [6.45, 7) is 8.29. The first-order valence-corrected chi connectivity index (χ1v) is 8.36. The van der Waals surface area contributed by atoms with E-state index in [9.17, 15) is 8.42 Å². The first-order valence-electron chi connectivity index (χ1n) is 6.64. The zero-order chi connectivity index (χ0) is 16.3. The molecule has 0 saturated carbocycles. The summed E-state index contributed by atoms with van der Waals surface area (Å²) in [5.41, 5.74) is 3.11. The van der Waals surface area contributed by atoms with Crippen molar-refractivity contribution >= 4 is 21.7 Å². The van der Waals surface area contributed by atoms with Gasteiger partial charge in [0.15, 0.2) is 0 Å². The van der Waals surface area contributed by atoms with Crippen LogP contribution in [0.3, 0.4) is 0 Å². The van der Waals surface area contributed by atoms with Gasteiger partial charge < -0.3 is 10.7 Å². The van der Waals surface area contributed by atoms with Crippen molar-refractivity contribution in [1.82, 2.24) is 9.97 Å². The summed E-state index contributed by atoms with van der Waals surface area (Å²) in [4.78, 5) is 8.87. The fourth-order valence-corrected chi connectivity index (χ4v) is 2.19. The molecule has 8 nitrogen and oxygen atoms in total. The predicted molar refractivity (Wildman–Crippen MR) is 84.4 cm³/mol. The molecule has 1 aromatic rings. The number of nitrogens with zero attached hydrogens (tertiary/aromatic N) is 2. The van der Waals surface area contributed by atoms with E-state index in [1.807, 2.05) is 27.7 Å². The van der Waals surface area contributed by atoms with Gasteiger partial charge in [-0.2, -0.15) is 0 Å². The van der Waals surface area contributed by atoms with Crippen LogP contribution in [0.1, 0.15) is 38.6 Å². The number of rotatable bonds is 6. The topological polar surface area (TPSA) is 136 Å². The van der Waals surface area contributed by atoms with Crippen LogP contribution in [-0.2, 0) is 15.4 Å². The molecule has 0 aliphatic carbocycles. The normalized spacial score (nSPS) is 12.3. The lowest BCUT2D eigenvalue weighted by molar-refractivity contribution is 0.546. The summed E-state index contributed by atoms with van der Waals surface area (Å²) in [6, 6.07) is 0. The summed E-state index contributed by atoms with van der Waals surface area (Å²) < 4.78 is 21.8. The quantitative estimate of drug-likeness (QED) is 0.340. The first kappa shape index (κ1) is 17.6. The second-order valence-electron chi connectivity index (χ2n) is 5.91. The Bertz CT molecular complexity index is 595. The molecular formula is C12H24N6O2S. The van der Waals surface area contributed by atoms with Crippen LogP contribution in [0.4, 0.5) is 11.6 Å². The molecule has 0 aromatic carbocycles. The number of aromatic nitrogens is 2. The maximum atomic E-state index is 10.9. The van der Waals surface area contributed by atoms with Crippen LogP contribution in [0.15, 0.2) is 0 Å². The largest absolute Gasteiger partial charge is 0.370 e. The average molecular weight is 316 g/mol. The van der Waals surface area contributed by atoms with Crippen LogP contribution >= 0.6 is 0 Å². The minimum absolute atomic E-state index is 0.0712. The van der Waals surface area contributed by atoms with Crippen molar-refractivity contribution in [3.05, 3.63) is 11.4 Å². The van der Waals surface area contributed by atoms with Gasteiger partial charge in [0.2, 0.25) is 10.0 Å². The van der Waals surface area contributed by atoms with E-state index in [-0.39, 0.29) is 11.2 Å². The third-order valence-electron chi connectivity index (χ3n) is 2.85. The van der Waals surface area contributed by atoms with Crippen LogP contribution < -0.4 is 21.7 Å². The second kappa shape index (κ2) is 6.54. The highest BCUT2D eigenvalue weighted by Crippen LogP contribution is 2.25. The van der Waals surface area contributed by atoms with Gasteiger partial charge in [-0.1, -0.05) is 20.8 Å². The van der Waals surface area contributed by atoms with Crippen molar-refractivity contribution < 1.29 is 8.42 Å². The summed E-state index contributed by atoms with van der Waals surface area (Å²) in [5, 5.41) is 8.07. The lowest BCUT2D eigenvalue weighted by Gasteiger charge is -2.20. The van der Waals surface area contributed by atoms with Gasteiger partial charge in [0, 0.05) is 17.5 Å². The molecule has 0 aliphatic heterocycles. The molecule has 0 saturated heterocycles. The van der Waals surface area contributed by atoms with Gasteiger partial charge in [0.05, 0.1) is 5.75 Å². The van der Waals surface area contributed by atoms with Crippen molar-refractivity contribution in [2.24, 2.45) is 11.0 Å². The van der Waals surface area contributed by atoms with Gasteiger partial charge in [-0.3, -0.25) is 0 Å². The van der Waals surface area contributed by atoms with Crippen LogP contribution in [-0.4, -0.2) is 30.7 Å². The Morgan fingerprint density at radius 3 is 2.24 bits per heavy atom. The Morgan fingerprint density at radius 1 is 1.19 bits per heavy atom. The van der Waals surface area contributed by atoms with E-state index < -0.39 is 10.0 Å². The van der Waals surface area contributed by atoms with Crippen molar-refractivity contribution in [2.75, 3.05) is 23.0 Å². The number of anilines is 2. The summed E-state index contributed by atoms with van der Waals surface area (Å²) in [7, 11) is -3.44. The van der Waals surface area contributed by atoms with Gasteiger partial charge in [-0.05, 0) is 13.3 Å². The Kier molecular flexibility index (Phi) is 5.48. The zero-order valence-electron chi connectivity index (χ0n) is 12.9. The van der Waals surface area contributed by atoms with Crippen molar-refractivity contribution in [1.29, 1.82) is 0 Å². The van der Waals surface area contributed by atoms with E-state index in [1.54, 1.807) is 0 Å². The Hall–Kier alpha value is -1.45. The number of primary sulfonamides is 1. The number of hydrogen-bond donors (Lipinski definition) is 4. The van der Waals surface area contributed by atoms with E-state index in [0.717, 1.165) is 5.56 Å². The number of sulfonamides is 1. The molecular weight excluding hydrogens is 292 g/mol. The molecule has 21 heavy (non-hydrogen) atoms. The molecule has 1 aromatic heterocycles. The second-order valence-corrected chi connectivity index (χ2v) is 7.65. The van der Waals surface area contributed by atoms with Crippen molar-refractivity contribution in [3.8, 4) is 0 Å². The summed E-state index contributed by atoms with van der Waals surface area (Å²) >= 11 is 0. The van der Waals surface area contributed by atoms with Gasteiger partial charge >= 0.3 is 0 Å². The van der Waals surface area contributed by atoms with Crippen molar-refractivity contribution in [2.45, 2.75) is 39.5 Å². The van der Waals surface area contributed by atoms with Gasteiger partial charge in [0.25, 0.3) is 0 Å².